The number of unbranched alkanes of at least 4 members (excludes halogenated alkanes) is 3. The predicted octanol–water partition coefficient (Wildman–Crippen LogP) is 4.48. The number of rotatable bonds is 5. The molecule has 1 atom stereocenters. The van der Waals surface area contributed by atoms with Gasteiger partial charge in [0.15, 0.2) is 0 Å². The summed E-state index contributed by atoms with van der Waals surface area (Å²) in [6.45, 7) is 4.54. The Bertz CT molecular complexity index is 186. The number of hydrogen-bond donors (Lipinski definition) is 0. The van der Waals surface area contributed by atoms with Crippen LogP contribution in [-0.2, 0) is 0 Å². The van der Waals surface area contributed by atoms with E-state index in [1.54, 1.807) is 5.57 Å². The molecule has 0 heterocycles. The van der Waals surface area contributed by atoms with Crippen molar-refractivity contribution in [2.75, 3.05) is 0 Å². The highest BCUT2D eigenvalue weighted by Gasteiger charge is 2.02. The van der Waals surface area contributed by atoms with Crippen molar-refractivity contribution in [2.45, 2.75) is 52.4 Å². The number of hydrogen-bond acceptors (Lipinski definition) is 0. The van der Waals surface area contributed by atoms with Gasteiger partial charge in [-0.2, -0.15) is 0 Å². The summed E-state index contributed by atoms with van der Waals surface area (Å²) in [6, 6.07) is 0. The second-order valence-corrected chi connectivity index (χ2v) is 4.16. The minimum Gasteiger partial charge on any atom is -0.0811 e. The lowest BCUT2D eigenvalue weighted by Crippen LogP contribution is -1.94. The van der Waals surface area contributed by atoms with Gasteiger partial charge in [-0.15, -0.1) is 0 Å². The van der Waals surface area contributed by atoms with Crippen molar-refractivity contribution in [1.29, 1.82) is 0 Å². The summed E-state index contributed by atoms with van der Waals surface area (Å²) in [5.74, 6) is 0.763. The van der Waals surface area contributed by atoms with Gasteiger partial charge in [0.25, 0.3) is 0 Å². The molecule has 0 heteroatoms. The van der Waals surface area contributed by atoms with E-state index in [0.717, 1.165) is 5.92 Å². The van der Waals surface area contributed by atoms with Crippen LogP contribution in [0.15, 0.2) is 23.8 Å². The van der Waals surface area contributed by atoms with Crippen molar-refractivity contribution >= 4 is 0 Å². The molecule has 0 amide bonds. The Kier molecular flexibility index (Phi) is 4.88. The zero-order valence-electron chi connectivity index (χ0n) is 9.05. The first-order chi connectivity index (χ1) is 6.33. The molecular weight excluding hydrogens is 156 g/mol. The summed E-state index contributed by atoms with van der Waals surface area (Å²) >= 11 is 0. The zero-order chi connectivity index (χ0) is 9.52. The van der Waals surface area contributed by atoms with Crippen molar-refractivity contribution < 1.29 is 0 Å². The van der Waals surface area contributed by atoms with Crippen LogP contribution < -0.4 is 0 Å². The molecule has 0 saturated heterocycles. The first-order valence-electron chi connectivity index (χ1n) is 5.70. The second-order valence-electron chi connectivity index (χ2n) is 4.16. The van der Waals surface area contributed by atoms with Gasteiger partial charge in [0.05, 0.1) is 0 Å². The maximum Gasteiger partial charge on any atom is -0.0224 e. The average molecular weight is 178 g/mol. The van der Waals surface area contributed by atoms with E-state index in [9.17, 15) is 0 Å². The quantitative estimate of drug-likeness (QED) is 0.544. The highest BCUT2D eigenvalue weighted by atomic mass is 14.1. The van der Waals surface area contributed by atoms with Crippen molar-refractivity contribution in [3.05, 3.63) is 23.8 Å². The summed E-state index contributed by atoms with van der Waals surface area (Å²) in [5, 5.41) is 0. The van der Waals surface area contributed by atoms with E-state index in [1.807, 2.05) is 0 Å². The zero-order valence-corrected chi connectivity index (χ0v) is 9.05. The van der Waals surface area contributed by atoms with Crippen LogP contribution in [-0.4, -0.2) is 0 Å². The van der Waals surface area contributed by atoms with E-state index >= 15 is 0 Å². The molecule has 1 rings (SSSR count). The second kappa shape index (κ2) is 6.01. The first kappa shape index (κ1) is 10.6. The Balaban J connectivity index is 2.12. The first-order valence-corrected chi connectivity index (χ1v) is 5.70. The van der Waals surface area contributed by atoms with E-state index in [1.165, 1.54) is 38.5 Å². The Morgan fingerprint density at radius 1 is 1.31 bits per heavy atom. The van der Waals surface area contributed by atoms with Gasteiger partial charge in [-0.05, 0) is 25.2 Å². The fraction of sp³-hybridized carbons (Fsp3) is 0.692. The van der Waals surface area contributed by atoms with Crippen LogP contribution >= 0.6 is 0 Å². The Hall–Kier alpha value is -0.520. The minimum absolute atomic E-state index is 0.763. The molecule has 0 N–H and O–H groups in total. The molecule has 1 aliphatic carbocycles. The molecule has 0 unspecified atom stereocenters. The summed E-state index contributed by atoms with van der Waals surface area (Å²) in [4.78, 5) is 0. The van der Waals surface area contributed by atoms with Crippen LogP contribution in [0, 0.1) is 5.92 Å². The van der Waals surface area contributed by atoms with E-state index in [4.69, 9.17) is 0 Å². The maximum absolute atomic E-state index is 2.41. The minimum atomic E-state index is 0.763. The molecule has 0 aromatic carbocycles. The van der Waals surface area contributed by atoms with Gasteiger partial charge >= 0.3 is 0 Å². The van der Waals surface area contributed by atoms with Crippen LogP contribution in [0.25, 0.3) is 0 Å². The fourth-order valence-electron chi connectivity index (χ4n) is 1.71. The smallest absolute Gasteiger partial charge is 0.0224 e. The molecule has 74 valence electrons. The Morgan fingerprint density at radius 3 is 2.77 bits per heavy atom. The normalized spacial score (nSPS) is 21.7. The molecule has 0 aromatic rings. The lowest BCUT2D eigenvalue weighted by molar-refractivity contribution is 0.659. The van der Waals surface area contributed by atoms with E-state index in [0.29, 0.717) is 0 Å². The van der Waals surface area contributed by atoms with Gasteiger partial charge in [0, 0.05) is 0 Å². The van der Waals surface area contributed by atoms with E-state index in [2.05, 4.69) is 32.1 Å². The fourth-order valence-corrected chi connectivity index (χ4v) is 1.71. The maximum atomic E-state index is 2.41. The summed E-state index contributed by atoms with van der Waals surface area (Å²) in [6.07, 6.45) is 15.1. The monoisotopic (exact) mass is 178 g/mol. The standard InChI is InChI=1S/C13H22/c1-3-4-5-6-7-13-10-8-12(2)9-11-13/h8,10-12H,3-7,9H2,1-2H3/t12-/m1/s1. The van der Waals surface area contributed by atoms with Gasteiger partial charge in [0.2, 0.25) is 0 Å². The predicted molar refractivity (Wildman–Crippen MR) is 59.8 cm³/mol. The van der Waals surface area contributed by atoms with Gasteiger partial charge < -0.3 is 0 Å². The van der Waals surface area contributed by atoms with Crippen LogP contribution in [0.4, 0.5) is 0 Å². The van der Waals surface area contributed by atoms with Crippen molar-refractivity contribution in [1.82, 2.24) is 0 Å². The summed E-state index contributed by atoms with van der Waals surface area (Å²) in [5.41, 5.74) is 1.56. The largest absolute Gasteiger partial charge is 0.0811 e. The molecule has 0 nitrogen and oxygen atoms in total. The third-order valence-corrected chi connectivity index (χ3v) is 2.71. The molecular formula is C13H22. The molecule has 0 spiro atoms. The molecule has 1 aliphatic rings. The molecule has 0 saturated carbocycles. The van der Waals surface area contributed by atoms with Gasteiger partial charge in [-0.1, -0.05) is 56.9 Å². The SMILES string of the molecule is CCCCCCC1=CC[C@H](C)C=C1. The number of allylic oxidation sites excluding steroid dienone is 4. The summed E-state index contributed by atoms with van der Waals surface area (Å²) < 4.78 is 0. The lowest BCUT2D eigenvalue weighted by Gasteiger charge is -2.11. The highest BCUT2D eigenvalue weighted by molar-refractivity contribution is 5.23. The molecule has 13 heavy (non-hydrogen) atoms. The van der Waals surface area contributed by atoms with Gasteiger partial charge in [-0.25, -0.2) is 0 Å². The molecule has 0 aromatic heterocycles. The molecule has 0 fully saturated rings. The Labute approximate surface area is 82.7 Å². The molecule has 0 aliphatic heterocycles. The Morgan fingerprint density at radius 2 is 2.15 bits per heavy atom. The van der Waals surface area contributed by atoms with Gasteiger partial charge in [-0.3, -0.25) is 0 Å². The van der Waals surface area contributed by atoms with Crippen molar-refractivity contribution in [3.8, 4) is 0 Å². The average Bonchev–Trinajstić information content (AvgIpc) is 2.15. The van der Waals surface area contributed by atoms with E-state index < -0.39 is 0 Å². The summed E-state index contributed by atoms with van der Waals surface area (Å²) in [7, 11) is 0. The lowest BCUT2D eigenvalue weighted by atomic mass is 9.95. The highest BCUT2D eigenvalue weighted by Crippen LogP contribution is 2.19. The van der Waals surface area contributed by atoms with Gasteiger partial charge in [0.1, 0.15) is 0 Å². The topological polar surface area (TPSA) is 0 Å². The van der Waals surface area contributed by atoms with Crippen LogP contribution in [0.1, 0.15) is 52.4 Å². The van der Waals surface area contributed by atoms with Crippen molar-refractivity contribution in [2.24, 2.45) is 5.92 Å². The van der Waals surface area contributed by atoms with Crippen LogP contribution in [0.3, 0.4) is 0 Å². The van der Waals surface area contributed by atoms with Crippen LogP contribution in [0.5, 0.6) is 0 Å². The van der Waals surface area contributed by atoms with E-state index in [-0.39, 0.29) is 0 Å². The van der Waals surface area contributed by atoms with Crippen LogP contribution in [0.2, 0.25) is 0 Å². The third-order valence-electron chi connectivity index (χ3n) is 2.71. The van der Waals surface area contributed by atoms with Crippen molar-refractivity contribution in [3.63, 3.8) is 0 Å². The third kappa shape index (κ3) is 4.31. The molecule has 0 bridgehead atoms. The molecule has 0 radical (unpaired) electrons.